The average Bonchev–Trinajstić information content (AvgIpc) is 1.38. The van der Waals surface area contributed by atoms with E-state index in [-0.39, 0.29) is 5.41 Å². The third-order valence-corrected chi connectivity index (χ3v) is 20.8. The van der Waals surface area contributed by atoms with E-state index in [9.17, 15) is 0 Å². The minimum atomic E-state index is -0.923. The molecule has 0 N–H and O–H groups in total. The van der Waals surface area contributed by atoms with Crippen LogP contribution in [0.3, 0.4) is 0 Å². The summed E-state index contributed by atoms with van der Waals surface area (Å²) in [6.07, 6.45) is 0. The first-order valence-electron chi connectivity index (χ1n) is 31.9. The fraction of sp³-hybridized carbons (Fsp3) is 0.0698. The normalized spacial score (nSPS) is 15.1. The van der Waals surface area contributed by atoms with Gasteiger partial charge in [-0.3, -0.25) is 0 Å². The van der Waals surface area contributed by atoms with Gasteiger partial charge in [0.25, 0.3) is 0 Å². The minimum Gasteiger partial charge on any atom is -0.456 e. The summed E-state index contributed by atoms with van der Waals surface area (Å²) in [7, 11) is 0. The predicted molar refractivity (Wildman–Crippen MR) is 380 cm³/mol. The SMILES string of the molecule is Cc1ccccc1N(c1ccc2c(c1)C1(c3ccccc3N3c4ccccc4C(C)(C)c4cccc1c43)c1cc(N(c3ccc4c(c3)oc3cc5ccccc5cc34)c3ccccc3C)c3c(oc4ccccc43)c1-2)c1ccc2c(c1)oc1cc3ccccc3cc12. The van der Waals surface area contributed by atoms with Gasteiger partial charge >= 0.3 is 0 Å². The molecule has 92 heavy (non-hydrogen) atoms. The first-order valence-corrected chi connectivity index (χ1v) is 31.9. The molecule has 3 aliphatic rings. The van der Waals surface area contributed by atoms with Gasteiger partial charge in [-0.15, -0.1) is 0 Å². The Morgan fingerprint density at radius 1 is 0.326 bits per heavy atom. The molecule has 0 bridgehead atoms. The van der Waals surface area contributed by atoms with Crippen LogP contribution < -0.4 is 14.7 Å². The van der Waals surface area contributed by atoms with Crippen molar-refractivity contribution in [1.82, 2.24) is 0 Å². The van der Waals surface area contributed by atoms with Gasteiger partial charge in [0.05, 0.1) is 33.6 Å². The Labute approximate surface area is 530 Å². The number of hydrogen-bond donors (Lipinski definition) is 0. The molecule has 0 amide bonds. The molecular weight excluding hydrogens is 1120 g/mol. The van der Waals surface area contributed by atoms with E-state index in [1.807, 2.05) is 0 Å². The Morgan fingerprint density at radius 2 is 0.826 bits per heavy atom. The lowest BCUT2D eigenvalue weighted by Gasteiger charge is -2.51. The monoisotopic (exact) mass is 1180 g/mol. The number of hydrogen-bond acceptors (Lipinski definition) is 6. The Morgan fingerprint density at radius 3 is 1.49 bits per heavy atom. The van der Waals surface area contributed by atoms with Crippen molar-refractivity contribution >= 4 is 139 Å². The highest BCUT2D eigenvalue weighted by Gasteiger charge is 2.56. The summed E-state index contributed by atoms with van der Waals surface area (Å²) in [5.41, 5.74) is 25.3. The summed E-state index contributed by atoms with van der Waals surface area (Å²) < 4.78 is 21.4. The van der Waals surface area contributed by atoms with E-state index in [0.29, 0.717) is 0 Å². The van der Waals surface area contributed by atoms with Gasteiger partial charge in [-0.25, -0.2) is 0 Å². The van der Waals surface area contributed by atoms with Gasteiger partial charge in [-0.1, -0.05) is 178 Å². The minimum absolute atomic E-state index is 0.348. The molecule has 434 valence electrons. The number of benzene rings is 14. The van der Waals surface area contributed by atoms with E-state index in [2.05, 4.69) is 315 Å². The van der Waals surface area contributed by atoms with E-state index in [0.717, 1.165) is 144 Å². The highest BCUT2D eigenvalue weighted by atomic mass is 16.3. The van der Waals surface area contributed by atoms with Gasteiger partial charge in [-0.05, 0) is 183 Å². The standard InChI is InChI=1S/C86H57N3O3/c1-50-20-5-14-31-71(50)87(57-36-39-59-63-42-52-22-7-9-24-54(52)44-77(63)90-79(59)47-57)56-38-41-61-69(46-56)86(66-28-13-17-34-74(66)89-73-33-16-12-27-65(73)85(3,4)67-29-19-30-68(86)83(67)89)70-49-75(82-62-26-11-18-35-76(62)92-84(82)81(61)70)88(72-32-15-6-21-51(72)2)58-37-40-60-64-43-53-23-8-10-25-55(53)45-78(64)91-80(60)48-58/h5-49H,1-4H3. The van der Waals surface area contributed by atoms with Crippen molar-refractivity contribution in [1.29, 1.82) is 0 Å². The van der Waals surface area contributed by atoms with Gasteiger partial charge in [0, 0.05) is 78.5 Å². The molecule has 5 heterocycles. The summed E-state index contributed by atoms with van der Waals surface area (Å²) in [5.74, 6) is 0. The van der Waals surface area contributed by atoms with E-state index in [4.69, 9.17) is 13.3 Å². The van der Waals surface area contributed by atoms with Gasteiger partial charge in [0.2, 0.25) is 0 Å². The maximum absolute atomic E-state index is 7.61. The second-order valence-electron chi connectivity index (χ2n) is 26.0. The molecule has 0 radical (unpaired) electrons. The van der Waals surface area contributed by atoms with Crippen molar-refractivity contribution < 1.29 is 13.3 Å². The van der Waals surface area contributed by atoms with Crippen LogP contribution in [0.2, 0.25) is 0 Å². The fourth-order valence-corrected chi connectivity index (χ4v) is 16.6. The van der Waals surface area contributed by atoms with Crippen LogP contribution in [-0.4, -0.2) is 0 Å². The molecule has 17 aromatic rings. The summed E-state index contributed by atoms with van der Waals surface area (Å²) >= 11 is 0. The summed E-state index contributed by atoms with van der Waals surface area (Å²) in [6.45, 7) is 9.24. The zero-order chi connectivity index (χ0) is 60.9. The maximum atomic E-state index is 7.61. The van der Waals surface area contributed by atoms with Crippen LogP contribution >= 0.6 is 0 Å². The third-order valence-electron chi connectivity index (χ3n) is 20.8. The highest BCUT2D eigenvalue weighted by Crippen LogP contribution is 2.69. The van der Waals surface area contributed by atoms with Gasteiger partial charge < -0.3 is 28.0 Å². The van der Waals surface area contributed by atoms with Gasteiger partial charge in [-0.2, -0.15) is 0 Å². The van der Waals surface area contributed by atoms with Crippen molar-refractivity contribution in [2.75, 3.05) is 14.7 Å². The zero-order valence-electron chi connectivity index (χ0n) is 51.0. The number of rotatable bonds is 6. The first kappa shape index (κ1) is 51.3. The van der Waals surface area contributed by atoms with Gasteiger partial charge in [0.1, 0.15) is 33.5 Å². The second-order valence-corrected chi connectivity index (χ2v) is 26.0. The maximum Gasteiger partial charge on any atom is 0.145 e. The molecule has 6 nitrogen and oxygen atoms in total. The topological polar surface area (TPSA) is 49.1 Å². The number of furan rings is 3. The molecule has 1 aliphatic carbocycles. The van der Waals surface area contributed by atoms with Crippen LogP contribution in [0.1, 0.15) is 58.4 Å². The fourth-order valence-electron chi connectivity index (χ4n) is 16.6. The number of aryl methyl sites for hydroxylation is 2. The van der Waals surface area contributed by atoms with Crippen molar-refractivity contribution in [3.8, 4) is 11.1 Å². The van der Waals surface area contributed by atoms with Crippen molar-refractivity contribution in [2.24, 2.45) is 0 Å². The summed E-state index contributed by atoms with van der Waals surface area (Å²) in [5, 5.41) is 11.1. The quantitative estimate of drug-likeness (QED) is 0.165. The molecule has 6 heteroatoms. The molecule has 2 aliphatic heterocycles. The van der Waals surface area contributed by atoms with E-state index >= 15 is 0 Å². The van der Waals surface area contributed by atoms with Crippen molar-refractivity contribution in [3.05, 3.63) is 317 Å². The molecule has 0 saturated carbocycles. The van der Waals surface area contributed by atoms with Gasteiger partial charge in [0.15, 0.2) is 0 Å². The molecule has 14 aromatic carbocycles. The summed E-state index contributed by atoms with van der Waals surface area (Å²) in [4.78, 5) is 7.49. The average molecular weight is 1180 g/mol. The Kier molecular flexibility index (Phi) is 10.3. The lowest BCUT2D eigenvalue weighted by atomic mass is 9.61. The lowest BCUT2D eigenvalue weighted by Crippen LogP contribution is -2.41. The number of fused-ring (bicyclic) bond motifs is 23. The Bertz CT molecular complexity index is 6080. The molecule has 1 atom stereocenters. The van der Waals surface area contributed by atoms with Crippen molar-refractivity contribution in [2.45, 2.75) is 38.5 Å². The van der Waals surface area contributed by atoms with Crippen LogP contribution in [0.4, 0.5) is 51.2 Å². The highest BCUT2D eigenvalue weighted by molar-refractivity contribution is 6.21. The van der Waals surface area contributed by atoms with Crippen LogP contribution in [0.5, 0.6) is 0 Å². The van der Waals surface area contributed by atoms with Crippen LogP contribution in [0, 0.1) is 13.8 Å². The molecule has 0 fully saturated rings. The molecule has 1 unspecified atom stereocenters. The molecule has 3 aromatic heterocycles. The van der Waals surface area contributed by atoms with Crippen LogP contribution in [0.25, 0.3) is 98.5 Å². The van der Waals surface area contributed by atoms with Crippen molar-refractivity contribution in [3.63, 3.8) is 0 Å². The number of nitrogens with zero attached hydrogens (tertiary/aromatic N) is 3. The largest absolute Gasteiger partial charge is 0.456 e. The first-order chi connectivity index (χ1) is 45.2. The second kappa shape index (κ2) is 18.5. The van der Waals surface area contributed by atoms with E-state index in [1.165, 1.54) is 50.0 Å². The van der Waals surface area contributed by atoms with E-state index in [1.54, 1.807) is 0 Å². The zero-order valence-corrected chi connectivity index (χ0v) is 51.0. The Balaban J connectivity index is 0.906. The number of para-hydroxylation sites is 6. The molecular formula is C86H57N3O3. The predicted octanol–water partition coefficient (Wildman–Crippen LogP) is 24.0. The summed E-state index contributed by atoms with van der Waals surface area (Å²) in [6, 6.07) is 101. The lowest BCUT2D eigenvalue weighted by molar-refractivity contribution is 0.621. The Hall–Kier alpha value is -11.6. The third kappa shape index (κ3) is 6.82. The molecule has 0 saturated heterocycles. The number of anilines is 9. The van der Waals surface area contributed by atoms with Crippen LogP contribution in [0.15, 0.2) is 286 Å². The van der Waals surface area contributed by atoms with Crippen LogP contribution in [-0.2, 0) is 10.8 Å². The van der Waals surface area contributed by atoms with E-state index < -0.39 is 5.41 Å². The molecule has 1 spiro atoms. The molecule has 20 rings (SSSR count). The smallest absolute Gasteiger partial charge is 0.145 e.